The van der Waals surface area contributed by atoms with E-state index in [2.05, 4.69) is 39.1 Å². The number of anilines is 1. The van der Waals surface area contributed by atoms with E-state index in [1.54, 1.807) is 6.92 Å². The molecule has 1 atom stereocenters. The van der Waals surface area contributed by atoms with Crippen molar-refractivity contribution >= 4 is 23.1 Å². The van der Waals surface area contributed by atoms with E-state index in [4.69, 9.17) is 11.6 Å². The molecule has 0 aromatic heterocycles. The predicted octanol–water partition coefficient (Wildman–Crippen LogP) is 6.22. The minimum Gasteiger partial charge on any atom is -0.380 e. The van der Waals surface area contributed by atoms with Crippen molar-refractivity contribution in [2.45, 2.75) is 52.5 Å². The summed E-state index contributed by atoms with van der Waals surface area (Å²) in [6, 6.07) is 9.84. The number of aryl methyl sites for hydroxylation is 1. The van der Waals surface area contributed by atoms with Crippen molar-refractivity contribution in [1.29, 1.82) is 0 Å². The van der Waals surface area contributed by atoms with Crippen LogP contribution in [-0.4, -0.2) is 11.3 Å². The molecule has 0 amide bonds. The highest BCUT2D eigenvalue weighted by Gasteiger charge is 2.32. The second-order valence-electron chi connectivity index (χ2n) is 7.59. The smallest absolute Gasteiger partial charge is 0.159 e. The number of benzene rings is 2. The molecule has 0 spiro atoms. The lowest BCUT2D eigenvalue weighted by molar-refractivity contribution is 0.101. The molecule has 0 saturated carbocycles. The van der Waals surface area contributed by atoms with Gasteiger partial charge in [-0.2, -0.15) is 0 Å². The maximum Gasteiger partial charge on any atom is 0.159 e. The quantitative estimate of drug-likeness (QED) is 0.657. The highest BCUT2D eigenvalue weighted by Crippen LogP contribution is 2.47. The van der Waals surface area contributed by atoms with Gasteiger partial charge in [-0.1, -0.05) is 36.7 Å². The zero-order chi connectivity index (χ0) is 17.6. The molecule has 0 fully saturated rings. The highest BCUT2D eigenvalue weighted by atomic mass is 35.5. The molecule has 3 heteroatoms. The minimum absolute atomic E-state index is 0.0660. The van der Waals surface area contributed by atoms with Crippen LogP contribution in [0.1, 0.15) is 61.5 Å². The van der Waals surface area contributed by atoms with Gasteiger partial charge in [0.1, 0.15) is 0 Å². The molecule has 1 aliphatic heterocycles. The second kappa shape index (κ2) is 5.93. The van der Waals surface area contributed by atoms with E-state index in [1.807, 2.05) is 24.3 Å². The number of hydrogen-bond acceptors (Lipinski definition) is 2. The SMILES string of the molecule is CC(=O)c1cccc(-c2cc(C)c3c(c2Cl)C(C)CC(C)(C)N3)c1. The van der Waals surface area contributed by atoms with E-state index in [1.165, 1.54) is 11.1 Å². The maximum absolute atomic E-state index is 11.7. The van der Waals surface area contributed by atoms with E-state index in [-0.39, 0.29) is 11.3 Å². The lowest BCUT2D eigenvalue weighted by Gasteiger charge is -2.39. The predicted molar refractivity (Wildman–Crippen MR) is 102 cm³/mol. The fourth-order valence-electron chi connectivity index (χ4n) is 3.82. The summed E-state index contributed by atoms with van der Waals surface area (Å²) in [5, 5.41) is 4.44. The normalized spacial score (nSPS) is 18.7. The summed E-state index contributed by atoms with van der Waals surface area (Å²) >= 11 is 6.83. The standard InChI is InChI=1S/C21H24ClNO/c1-12-9-17(16-8-6-7-15(10-16)14(3)24)19(22)18-13(2)11-21(4,5)23-20(12)18/h6-10,13,23H,11H2,1-5H3. The zero-order valence-corrected chi connectivity index (χ0v) is 15.7. The lowest BCUT2D eigenvalue weighted by atomic mass is 9.79. The van der Waals surface area contributed by atoms with Gasteiger partial charge < -0.3 is 5.32 Å². The van der Waals surface area contributed by atoms with Crippen LogP contribution in [0.4, 0.5) is 5.69 Å². The number of nitrogens with one attached hydrogen (secondary N) is 1. The number of ketones is 1. The van der Waals surface area contributed by atoms with Crippen LogP contribution in [0.2, 0.25) is 5.02 Å². The fraction of sp³-hybridized carbons (Fsp3) is 0.381. The molecule has 1 aliphatic rings. The van der Waals surface area contributed by atoms with Gasteiger partial charge >= 0.3 is 0 Å². The Labute approximate surface area is 149 Å². The Kier molecular flexibility index (Phi) is 4.21. The van der Waals surface area contributed by atoms with Gasteiger partial charge in [0.15, 0.2) is 5.78 Å². The van der Waals surface area contributed by atoms with Crippen molar-refractivity contribution in [2.24, 2.45) is 0 Å². The number of hydrogen-bond donors (Lipinski definition) is 1. The Morgan fingerprint density at radius 2 is 2.00 bits per heavy atom. The highest BCUT2D eigenvalue weighted by molar-refractivity contribution is 6.34. The van der Waals surface area contributed by atoms with Crippen molar-refractivity contribution in [3.63, 3.8) is 0 Å². The van der Waals surface area contributed by atoms with Crippen LogP contribution in [0.15, 0.2) is 30.3 Å². The molecule has 0 radical (unpaired) electrons. The molecule has 2 aromatic rings. The van der Waals surface area contributed by atoms with E-state index < -0.39 is 0 Å². The van der Waals surface area contributed by atoms with Crippen LogP contribution in [0.25, 0.3) is 11.1 Å². The van der Waals surface area contributed by atoms with Crippen molar-refractivity contribution in [3.05, 3.63) is 52.0 Å². The van der Waals surface area contributed by atoms with Gasteiger partial charge in [0.2, 0.25) is 0 Å². The van der Waals surface area contributed by atoms with E-state index >= 15 is 0 Å². The van der Waals surface area contributed by atoms with Gasteiger partial charge in [-0.05, 0) is 68.9 Å². The van der Waals surface area contributed by atoms with Crippen molar-refractivity contribution in [1.82, 2.24) is 0 Å². The van der Waals surface area contributed by atoms with Crippen LogP contribution < -0.4 is 5.32 Å². The van der Waals surface area contributed by atoms with Gasteiger partial charge in [-0.3, -0.25) is 4.79 Å². The Bertz CT molecular complexity index is 823. The Balaban J connectivity index is 2.19. The largest absolute Gasteiger partial charge is 0.380 e. The summed E-state index contributed by atoms with van der Waals surface area (Å²) in [6.45, 7) is 10.4. The molecule has 126 valence electrons. The average Bonchev–Trinajstić information content (AvgIpc) is 2.49. The van der Waals surface area contributed by atoms with Gasteiger partial charge in [-0.25, -0.2) is 0 Å². The first-order valence-electron chi connectivity index (χ1n) is 8.42. The monoisotopic (exact) mass is 341 g/mol. The summed E-state index contributed by atoms with van der Waals surface area (Å²) in [7, 11) is 0. The molecule has 0 bridgehead atoms. The molecule has 0 saturated heterocycles. The Morgan fingerprint density at radius 3 is 2.67 bits per heavy atom. The first kappa shape index (κ1) is 17.0. The molecule has 1 N–H and O–H groups in total. The Hall–Kier alpha value is -1.80. The average molecular weight is 342 g/mol. The Morgan fingerprint density at radius 1 is 1.29 bits per heavy atom. The van der Waals surface area contributed by atoms with Gasteiger partial charge in [0.05, 0.1) is 5.02 Å². The first-order chi connectivity index (χ1) is 11.2. The third-order valence-corrected chi connectivity index (χ3v) is 5.26. The topological polar surface area (TPSA) is 29.1 Å². The lowest BCUT2D eigenvalue weighted by Crippen LogP contribution is -2.37. The minimum atomic E-state index is 0.0660. The molecule has 2 aromatic carbocycles. The second-order valence-corrected chi connectivity index (χ2v) is 7.97. The molecular weight excluding hydrogens is 318 g/mol. The number of carbonyl (C=O) groups is 1. The van der Waals surface area contributed by atoms with Gasteiger partial charge in [0, 0.05) is 22.4 Å². The molecular formula is C21H24ClNO. The number of Topliss-reactive ketones (excluding diaryl/α,β-unsaturated/α-hetero) is 1. The van der Waals surface area contributed by atoms with Gasteiger partial charge in [0.25, 0.3) is 0 Å². The van der Waals surface area contributed by atoms with Crippen LogP contribution >= 0.6 is 11.6 Å². The fourth-order valence-corrected chi connectivity index (χ4v) is 4.27. The molecule has 24 heavy (non-hydrogen) atoms. The van der Waals surface area contributed by atoms with E-state index in [0.717, 1.165) is 28.3 Å². The third kappa shape index (κ3) is 2.95. The van der Waals surface area contributed by atoms with Crippen LogP contribution in [0, 0.1) is 6.92 Å². The molecule has 2 nitrogen and oxygen atoms in total. The summed E-state index contributed by atoms with van der Waals surface area (Å²) in [6.07, 6.45) is 1.04. The van der Waals surface area contributed by atoms with Crippen LogP contribution in [-0.2, 0) is 0 Å². The summed E-state index contributed by atoms with van der Waals surface area (Å²) in [5.41, 5.74) is 6.33. The number of rotatable bonds is 2. The number of fused-ring (bicyclic) bond motifs is 1. The van der Waals surface area contributed by atoms with E-state index in [0.29, 0.717) is 11.5 Å². The maximum atomic E-state index is 11.7. The van der Waals surface area contributed by atoms with Crippen molar-refractivity contribution in [2.75, 3.05) is 5.32 Å². The van der Waals surface area contributed by atoms with Crippen LogP contribution in [0.5, 0.6) is 0 Å². The molecule has 1 unspecified atom stereocenters. The first-order valence-corrected chi connectivity index (χ1v) is 8.80. The van der Waals surface area contributed by atoms with Crippen molar-refractivity contribution < 1.29 is 4.79 Å². The van der Waals surface area contributed by atoms with Gasteiger partial charge in [-0.15, -0.1) is 0 Å². The van der Waals surface area contributed by atoms with E-state index in [9.17, 15) is 4.79 Å². The zero-order valence-electron chi connectivity index (χ0n) is 15.0. The summed E-state index contributed by atoms with van der Waals surface area (Å²) in [4.78, 5) is 11.7. The molecule has 1 heterocycles. The molecule has 3 rings (SSSR count). The third-order valence-electron chi connectivity index (χ3n) is 4.85. The van der Waals surface area contributed by atoms with Crippen LogP contribution in [0.3, 0.4) is 0 Å². The molecule has 0 aliphatic carbocycles. The summed E-state index contributed by atoms with van der Waals surface area (Å²) < 4.78 is 0. The number of carbonyl (C=O) groups excluding carboxylic acids is 1. The number of halogens is 1. The summed E-state index contributed by atoms with van der Waals surface area (Å²) in [5.74, 6) is 0.456. The van der Waals surface area contributed by atoms with Crippen molar-refractivity contribution in [3.8, 4) is 11.1 Å².